The predicted molar refractivity (Wildman–Crippen MR) is 130 cm³/mol. The Morgan fingerprint density at radius 2 is 1.91 bits per heavy atom. The van der Waals surface area contributed by atoms with Gasteiger partial charge in [0, 0.05) is 12.2 Å². The highest BCUT2D eigenvalue weighted by Gasteiger charge is 2.38. The van der Waals surface area contributed by atoms with Gasteiger partial charge in [0.05, 0.1) is 42.1 Å². The van der Waals surface area contributed by atoms with Crippen molar-refractivity contribution in [1.29, 1.82) is 0 Å². The summed E-state index contributed by atoms with van der Waals surface area (Å²) in [6, 6.07) is 20.7. The van der Waals surface area contributed by atoms with E-state index in [1.807, 2.05) is 43.3 Å². The molecule has 4 heterocycles. The smallest absolute Gasteiger partial charge is 0.357 e. The summed E-state index contributed by atoms with van der Waals surface area (Å²) in [5.74, 6) is -0.436. The molecule has 0 spiro atoms. The number of morpholine rings is 1. The van der Waals surface area contributed by atoms with Gasteiger partial charge in [0.2, 0.25) is 0 Å². The number of anilines is 1. The van der Waals surface area contributed by atoms with E-state index in [4.69, 9.17) is 14.6 Å². The Morgan fingerprint density at radius 1 is 1.12 bits per heavy atom. The fourth-order valence-electron chi connectivity index (χ4n) is 5.12. The van der Waals surface area contributed by atoms with Crippen LogP contribution in [0, 0.1) is 6.92 Å². The number of benzene rings is 2. The predicted octanol–water partition coefficient (Wildman–Crippen LogP) is 4.55. The van der Waals surface area contributed by atoms with Crippen molar-refractivity contribution < 1.29 is 14.3 Å². The maximum atomic E-state index is 12.7. The zero-order valence-corrected chi connectivity index (χ0v) is 19.3. The van der Waals surface area contributed by atoms with E-state index in [1.54, 1.807) is 11.6 Å². The fraction of sp³-hybridized carbons (Fsp3) is 0.296. The third kappa shape index (κ3) is 3.44. The van der Waals surface area contributed by atoms with Crippen molar-refractivity contribution in [2.24, 2.45) is 0 Å². The van der Waals surface area contributed by atoms with Crippen molar-refractivity contribution in [2.45, 2.75) is 32.4 Å². The van der Waals surface area contributed by atoms with Gasteiger partial charge in [-0.05, 0) is 61.7 Å². The van der Waals surface area contributed by atoms with Crippen molar-refractivity contribution in [3.63, 3.8) is 0 Å². The first-order chi connectivity index (χ1) is 16.6. The molecule has 6 rings (SSSR count). The van der Waals surface area contributed by atoms with Crippen LogP contribution in [0.2, 0.25) is 0 Å². The van der Waals surface area contributed by atoms with Gasteiger partial charge in [-0.15, -0.1) is 0 Å². The van der Waals surface area contributed by atoms with Gasteiger partial charge in [0.15, 0.2) is 11.3 Å². The summed E-state index contributed by atoms with van der Waals surface area (Å²) < 4.78 is 12.8. The molecule has 0 saturated carbocycles. The molecule has 7 nitrogen and oxygen atoms in total. The Bertz CT molecular complexity index is 1360. The van der Waals surface area contributed by atoms with Crippen molar-refractivity contribution in [2.75, 3.05) is 24.7 Å². The van der Waals surface area contributed by atoms with Crippen molar-refractivity contribution in [3.05, 3.63) is 72.1 Å². The van der Waals surface area contributed by atoms with Crippen LogP contribution in [0.4, 0.5) is 5.69 Å². The average Bonchev–Trinajstić information content (AvgIpc) is 3.59. The number of esters is 1. The Balaban J connectivity index is 1.48. The molecule has 7 heteroatoms. The molecule has 0 N–H and O–H groups in total. The second-order valence-corrected chi connectivity index (χ2v) is 8.85. The normalized spacial score (nSPS) is 19.2. The zero-order valence-electron chi connectivity index (χ0n) is 19.3. The fourth-order valence-corrected chi connectivity index (χ4v) is 5.12. The molecule has 2 atom stereocenters. The molecular formula is C27H26N4O3. The van der Waals surface area contributed by atoms with E-state index in [9.17, 15) is 4.79 Å². The molecular weight excluding hydrogens is 428 g/mol. The molecule has 2 aliphatic rings. The first kappa shape index (κ1) is 20.9. The van der Waals surface area contributed by atoms with Crippen molar-refractivity contribution in [3.8, 4) is 16.8 Å². The largest absolute Gasteiger partial charge is 0.461 e. The SMILES string of the molecule is CCOC(=O)c1cc(-c2ccc(N3C[C@@H]4C[C@H]3CO4)cc2)c2c(C)nn(-c3ccccc3)c2n1. The van der Waals surface area contributed by atoms with Gasteiger partial charge in [-0.2, -0.15) is 5.10 Å². The number of rotatable bonds is 5. The van der Waals surface area contributed by atoms with Crippen LogP contribution in [0.3, 0.4) is 0 Å². The number of carbonyl (C=O) groups excluding carboxylic acids is 1. The van der Waals surface area contributed by atoms with E-state index in [0.29, 0.717) is 24.4 Å². The first-order valence-corrected chi connectivity index (χ1v) is 11.7. The molecule has 2 aromatic heterocycles. The number of carbonyl (C=O) groups is 1. The Morgan fingerprint density at radius 3 is 2.59 bits per heavy atom. The molecule has 2 bridgehead atoms. The van der Waals surface area contributed by atoms with E-state index in [2.05, 4.69) is 34.1 Å². The number of hydrogen-bond donors (Lipinski definition) is 0. The maximum Gasteiger partial charge on any atom is 0.357 e. The molecule has 34 heavy (non-hydrogen) atoms. The quantitative estimate of drug-likeness (QED) is 0.412. The number of ether oxygens (including phenoxy) is 2. The summed E-state index contributed by atoms with van der Waals surface area (Å²) in [4.78, 5) is 19.8. The van der Waals surface area contributed by atoms with Crippen LogP contribution in [0.1, 0.15) is 29.5 Å². The molecule has 4 aromatic rings. The summed E-state index contributed by atoms with van der Waals surface area (Å²) in [6.07, 6.45) is 1.45. The van der Waals surface area contributed by atoms with Gasteiger partial charge in [-0.1, -0.05) is 30.3 Å². The summed E-state index contributed by atoms with van der Waals surface area (Å²) in [5, 5.41) is 5.71. The molecule has 172 valence electrons. The van der Waals surface area contributed by atoms with Gasteiger partial charge in [0.25, 0.3) is 0 Å². The van der Waals surface area contributed by atoms with E-state index in [-0.39, 0.29) is 5.69 Å². The van der Waals surface area contributed by atoms with Gasteiger partial charge in [-0.3, -0.25) is 0 Å². The molecule has 2 fully saturated rings. The Kier molecular flexibility index (Phi) is 5.07. The lowest BCUT2D eigenvalue weighted by molar-refractivity contribution is 0.0520. The number of aryl methyl sites for hydroxylation is 1. The lowest BCUT2D eigenvalue weighted by Gasteiger charge is -2.29. The maximum absolute atomic E-state index is 12.7. The third-order valence-electron chi connectivity index (χ3n) is 6.71. The topological polar surface area (TPSA) is 69.5 Å². The van der Waals surface area contributed by atoms with E-state index in [0.717, 1.165) is 47.5 Å². The number of pyridine rings is 1. The summed E-state index contributed by atoms with van der Waals surface area (Å²) in [7, 11) is 0. The van der Waals surface area contributed by atoms with Crippen LogP contribution in [-0.4, -0.2) is 52.6 Å². The standard InChI is InChI=1S/C27H26N4O3/c1-3-33-27(32)24-14-23(18-9-11-19(12-10-18)30-15-22-13-21(30)16-34-22)25-17(2)29-31(26(25)28-24)20-7-5-4-6-8-20/h4-12,14,21-22H,3,13,15-16H2,1-2H3/t21-,22-/m0/s1. The van der Waals surface area contributed by atoms with Gasteiger partial charge in [0.1, 0.15) is 0 Å². The number of hydrogen-bond acceptors (Lipinski definition) is 6. The highest BCUT2D eigenvalue weighted by molar-refractivity contribution is 6.00. The second kappa shape index (κ2) is 8.25. The molecule has 0 aliphatic carbocycles. The van der Waals surface area contributed by atoms with Crippen LogP contribution in [-0.2, 0) is 9.47 Å². The molecule has 2 aromatic carbocycles. The number of fused-ring (bicyclic) bond motifs is 3. The molecule has 2 saturated heterocycles. The molecule has 2 aliphatic heterocycles. The number of para-hydroxylation sites is 1. The van der Waals surface area contributed by atoms with Crippen LogP contribution in [0.25, 0.3) is 27.8 Å². The minimum absolute atomic E-state index is 0.277. The second-order valence-electron chi connectivity index (χ2n) is 8.85. The average molecular weight is 455 g/mol. The minimum atomic E-state index is -0.436. The summed E-state index contributed by atoms with van der Waals surface area (Å²) >= 11 is 0. The van der Waals surface area contributed by atoms with Crippen LogP contribution < -0.4 is 4.90 Å². The minimum Gasteiger partial charge on any atom is -0.461 e. The lowest BCUT2D eigenvalue weighted by Crippen LogP contribution is -2.36. The molecule has 0 unspecified atom stereocenters. The van der Waals surface area contributed by atoms with Gasteiger partial charge >= 0.3 is 5.97 Å². The number of nitrogens with zero attached hydrogens (tertiary/aromatic N) is 4. The van der Waals surface area contributed by atoms with E-state index < -0.39 is 5.97 Å². The zero-order chi connectivity index (χ0) is 23.2. The van der Waals surface area contributed by atoms with Crippen LogP contribution >= 0.6 is 0 Å². The first-order valence-electron chi connectivity index (χ1n) is 11.7. The highest BCUT2D eigenvalue weighted by Crippen LogP contribution is 2.36. The van der Waals surface area contributed by atoms with Gasteiger partial charge < -0.3 is 14.4 Å². The van der Waals surface area contributed by atoms with Crippen LogP contribution in [0.15, 0.2) is 60.7 Å². The third-order valence-corrected chi connectivity index (χ3v) is 6.71. The lowest BCUT2D eigenvalue weighted by atomic mass is 10.0. The van der Waals surface area contributed by atoms with Crippen LogP contribution in [0.5, 0.6) is 0 Å². The Labute approximate surface area is 197 Å². The van der Waals surface area contributed by atoms with Gasteiger partial charge in [-0.25, -0.2) is 14.5 Å². The van der Waals surface area contributed by atoms with E-state index >= 15 is 0 Å². The highest BCUT2D eigenvalue weighted by atomic mass is 16.5. The summed E-state index contributed by atoms with van der Waals surface area (Å²) in [6.45, 7) is 5.82. The monoisotopic (exact) mass is 454 g/mol. The van der Waals surface area contributed by atoms with Crippen molar-refractivity contribution in [1.82, 2.24) is 14.8 Å². The number of aromatic nitrogens is 3. The summed E-state index contributed by atoms with van der Waals surface area (Å²) in [5.41, 5.74) is 5.80. The van der Waals surface area contributed by atoms with E-state index in [1.165, 1.54) is 5.69 Å². The van der Waals surface area contributed by atoms with Crippen molar-refractivity contribution >= 4 is 22.7 Å². The molecule has 0 amide bonds. The Hall–Kier alpha value is -3.71. The molecule has 0 radical (unpaired) electrons.